The highest BCUT2D eigenvalue weighted by Gasteiger charge is 2.30. The Bertz CT molecular complexity index is 1120. The second-order valence-electron chi connectivity index (χ2n) is 7.90. The summed E-state index contributed by atoms with van der Waals surface area (Å²) in [5.41, 5.74) is 1.42. The van der Waals surface area contributed by atoms with Crippen LogP contribution in [0.4, 0.5) is 0 Å². The van der Waals surface area contributed by atoms with Crippen LogP contribution in [0.25, 0.3) is 11.0 Å². The number of aromatic nitrogens is 2. The van der Waals surface area contributed by atoms with Gasteiger partial charge in [-0.2, -0.15) is 13.5 Å². The molecule has 1 amide bonds. The van der Waals surface area contributed by atoms with Gasteiger partial charge in [-0.15, -0.1) is 0 Å². The Labute approximate surface area is 186 Å². The van der Waals surface area contributed by atoms with Crippen LogP contribution in [0, 0.1) is 0 Å². The molecule has 1 fully saturated rings. The van der Waals surface area contributed by atoms with Gasteiger partial charge in [0, 0.05) is 6.04 Å². The quantitative estimate of drug-likeness (QED) is 0.583. The molecule has 1 heterocycles. The van der Waals surface area contributed by atoms with Crippen molar-refractivity contribution in [2.24, 2.45) is 0 Å². The lowest BCUT2D eigenvalue weighted by atomic mass is 9.96. The number of sulfonamides is 1. The first-order valence-corrected chi connectivity index (χ1v) is 12.8. The molecule has 1 saturated carbocycles. The molecule has 0 spiro atoms. The molecule has 1 aromatic heterocycles. The van der Waals surface area contributed by atoms with Gasteiger partial charge in [-0.1, -0.05) is 68.5 Å². The fourth-order valence-corrected chi connectivity index (χ4v) is 5.97. The van der Waals surface area contributed by atoms with Gasteiger partial charge in [-0.3, -0.25) is 4.79 Å². The Balaban J connectivity index is 1.61. The van der Waals surface area contributed by atoms with Crippen LogP contribution in [0.3, 0.4) is 0 Å². The molecule has 0 radical (unpaired) electrons. The molecule has 0 aliphatic heterocycles. The maximum Gasteiger partial charge on any atom is 0.243 e. The van der Waals surface area contributed by atoms with Crippen molar-refractivity contribution in [3.8, 4) is 0 Å². The highest BCUT2D eigenvalue weighted by molar-refractivity contribution is 7.89. The van der Waals surface area contributed by atoms with Crippen LogP contribution in [0.5, 0.6) is 0 Å². The van der Waals surface area contributed by atoms with Gasteiger partial charge in [-0.25, -0.2) is 8.42 Å². The van der Waals surface area contributed by atoms with Crippen molar-refractivity contribution < 1.29 is 13.2 Å². The van der Waals surface area contributed by atoms with Crippen molar-refractivity contribution in [1.29, 1.82) is 0 Å². The summed E-state index contributed by atoms with van der Waals surface area (Å²) in [5, 5.41) is 3.10. The molecule has 31 heavy (non-hydrogen) atoms. The Morgan fingerprint density at radius 1 is 0.935 bits per heavy atom. The number of hydrogen-bond acceptors (Lipinski definition) is 6. The standard InChI is InChI=1S/C22H26N4O3S2/c27-22(23-17-12-7-2-1-3-8-13-17)20(16-10-5-4-6-11-16)26-31(28,29)19-15-9-14-18-21(19)25-30-24-18/h4-6,9-11,14-15,17,20,26H,1-3,7-8,12-13H2,(H,23,27). The van der Waals surface area contributed by atoms with E-state index < -0.39 is 16.1 Å². The fraction of sp³-hybridized carbons (Fsp3) is 0.409. The van der Waals surface area contributed by atoms with Crippen LogP contribution >= 0.6 is 11.7 Å². The van der Waals surface area contributed by atoms with Gasteiger partial charge >= 0.3 is 0 Å². The Kier molecular flexibility index (Phi) is 6.94. The average Bonchev–Trinajstić information content (AvgIpc) is 3.23. The lowest BCUT2D eigenvalue weighted by molar-refractivity contribution is -0.123. The van der Waals surface area contributed by atoms with Crippen LogP contribution in [0.1, 0.15) is 56.6 Å². The molecule has 1 aliphatic rings. The largest absolute Gasteiger partial charge is 0.352 e. The molecule has 2 N–H and O–H groups in total. The van der Waals surface area contributed by atoms with Crippen LogP contribution in [-0.4, -0.2) is 29.1 Å². The summed E-state index contributed by atoms with van der Waals surface area (Å²) in [7, 11) is -4.01. The summed E-state index contributed by atoms with van der Waals surface area (Å²) in [4.78, 5) is 13.3. The number of rotatable bonds is 6. The van der Waals surface area contributed by atoms with Crippen molar-refractivity contribution in [2.75, 3.05) is 0 Å². The molecule has 1 atom stereocenters. The van der Waals surface area contributed by atoms with Crippen LogP contribution in [0.15, 0.2) is 53.4 Å². The van der Waals surface area contributed by atoms with E-state index in [9.17, 15) is 13.2 Å². The first-order valence-electron chi connectivity index (χ1n) is 10.6. The number of hydrogen-bond donors (Lipinski definition) is 2. The number of amides is 1. The molecule has 0 saturated heterocycles. The second kappa shape index (κ2) is 9.84. The predicted molar refractivity (Wildman–Crippen MR) is 121 cm³/mol. The van der Waals surface area contributed by atoms with Crippen molar-refractivity contribution in [2.45, 2.75) is 61.9 Å². The third-order valence-electron chi connectivity index (χ3n) is 5.66. The van der Waals surface area contributed by atoms with Crippen LogP contribution < -0.4 is 10.0 Å². The lowest BCUT2D eigenvalue weighted by Gasteiger charge is -2.25. The highest BCUT2D eigenvalue weighted by Crippen LogP contribution is 2.24. The minimum Gasteiger partial charge on any atom is -0.352 e. The maximum atomic E-state index is 13.3. The first-order chi connectivity index (χ1) is 15.0. The molecule has 2 aromatic carbocycles. The minimum absolute atomic E-state index is 0.0263. The molecule has 0 bridgehead atoms. The molecular formula is C22H26N4O3S2. The summed E-state index contributed by atoms with van der Waals surface area (Å²) >= 11 is 0.960. The van der Waals surface area contributed by atoms with Gasteiger partial charge in [-0.05, 0) is 30.5 Å². The SMILES string of the molecule is O=C(NC1CCCCCCC1)C(NS(=O)(=O)c1cccc2nsnc12)c1ccccc1. The normalized spacial score (nSPS) is 17.0. The van der Waals surface area contributed by atoms with Crippen molar-refractivity contribution in [3.05, 3.63) is 54.1 Å². The number of benzene rings is 2. The van der Waals surface area contributed by atoms with E-state index in [1.165, 1.54) is 25.3 Å². The number of nitrogens with one attached hydrogen (secondary N) is 2. The van der Waals surface area contributed by atoms with Gasteiger partial charge in [0.2, 0.25) is 15.9 Å². The van der Waals surface area contributed by atoms with E-state index in [0.717, 1.165) is 37.4 Å². The van der Waals surface area contributed by atoms with E-state index in [2.05, 4.69) is 18.8 Å². The Morgan fingerprint density at radius 3 is 2.39 bits per heavy atom. The van der Waals surface area contributed by atoms with Gasteiger partial charge in [0.1, 0.15) is 22.0 Å². The maximum absolute atomic E-state index is 13.3. The summed E-state index contributed by atoms with van der Waals surface area (Å²) < 4.78 is 37.4. The summed E-state index contributed by atoms with van der Waals surface area (Å²) in [6, 6.07) is 12.8. The Morgan fingerprint density at radius 2 is 1.65 bits per heavy atom. The van der Waals surface area contributed by atoms with E-state index in [4.69, 9.17) is 0 Å². The number of fused-ring (bicyclic) bond motifs is 1. The zero-order valence-corrected chi connectivity index (χ0v) is 18.8. The molecular weight excluding hydrogens is 432 g/mol. The number of nitrogens with zero attached hydrogens (tertiary/aromatic N) is 2. The Hall–Kier alpha value is -2.36. The number of carbonyl (C=O) groups excluding carboxylic acids is 1. The molecule has 1 aliphatic carbocycles. The van der Waals surface area contributed by atoms with Gasteiger partial charge in [0.05, 0.1) is 11.7 Å². The van der Waals surface area contributed by atoms with Crippen LogP contribution in [0.2, 0.25) is 0 Å². The second-order valence-corrected chi connectivity index (χ2v) is 10.1. The van der Waals surface area contributed by atoms with Crippen LogP contribution in [-0.2, 0) is 14.8 Å². The average molecular weight is 459 g/mol. The number of carbonyl (C=O) groups is 1. The third kappa shape index (κ3) is 5.28. The van der Waals surface area contributed by atoms with E-state index in [0.29, 0.717) is 16.6 Å². The first kappa shape index (κ1) is 21.9. The highest BCUT2D eigenvalue weighted by atomic mass is 32.2. The molecule has 4 rings (SSSR count). The molecule has 164 valence electrons. The van der Waals surface area contributed by atoms with Gasteiger partial charge in [0.15, 0.2) is 0 Å². The molecule has 3 aromatic rings. The van der Waals surface area contributed by atoms with Gasteiger partial charge in [0.25, 0.3) is 0 Å². The molecule has 1 unspecified atom stereocenters. The topological polar surface area (TPSA) is 101 Å². The zero-order chi connectivity index (χ0) is 21.7. The predicted octanol–water partition coefficient (Wildman–Crippen LogP) is 3.94. The summed E-state index contributed by atoms with van der Waals surface area (Å²) in [6.45, 7) is 0. The summed E-state index contributed by atoms with van der Waals surface area (Å²) in [5.74, 6) is -0.330. The van der Waals surface area contributed by atoms with Crippen molar-refractivity contribution in [3.63, 3.8) is 0 Å². The van der Waals surface area contributed by atoms with E-state index >= 15 is 0 Å². The monoisotopic (exact) mass is 458 g/mol. The van der Waals surface area contributed by atoms with E-state index in [1.54, 1.807) is 36.4 Å². The zero-order valence-electron chi connectivity index (χ0n) is 17.2. The molecule has 9 heteroatoms. The van der Waals surface area contributed by atoms with E-state index in [-0.39, 0.29) is 16.8 Å². The molecule has 7 nitrogen and oxygen atoms in total. The van der Waals surface area contributed by atoms with Gasteiger partial charge < -0.3 is 5.32 Å². The third-order valence-corrected chi connectivity index (χ3v) is 7.66. The lowest BCUT2D eigenvalue weighted by Crippen LogP contribution is -2.44. The minimum atomic E-state index is -4.01. The van der Waals surface area contributed by atoms with Crippen molar-refractivity contribution in [1.82, 2.24) is 18.8 Å². The van der Waals surface area contributed by atoms with Crippen molar-refractivity contribution >= 4 is 38.7 Å². The smallest absolute Gasteiger partial charge is 0.243 e. The van der Waals surface area contributed by atoms with E-state index in [1.807, 2.05) is 6.07 Å². The fourth-order valence-electron chi connectivity index (χ4n) is 4.02. The summed E-state index contributed by atoms with van der Waals surface area (Å²) in [6.07, 6.45) is 7.58.